The van der Waals surface area contributed by atoms with Crippen LogP contribution in [0.15, 0.2) is 58.0 Å². The summed E-state index contributed by atoms with van der Waals surface area (Å²) in [4.78, 5) is 2.49. The molecule has 2 heterocycles. The van der Waals surface area contributed by atoms with Crippen molar-refractivity contribution in [3.63, 3.8) is 0 Å². The minimum Gasteiger partial charge on any atom is -0.488 e. The first-order chi connectivity index (χ1) is 14.0. The largest absolute Gasteiger partial charge is 0.488 e. The lowest BCUT2D eigenvalue weighted by Crippen LogP contribution is -2.38. The number of nitrogens with one attached hydrogen (secondary N) is 1. The van der Waals surface area contributed by atoms with Crippen molar-refractivity contribution in [2.24, 2.45) is 0 Å². The van der Waals surface area contributed by atoms with Gasteiger partial charge in [0.25, 0.3) is 10.0 Å². The van der Waals surface area contributed by atoms with E-state index in [9.17, 15) is 8.42 Å². The average Bonchev–Trinajstić information content (AvgIpc) is 3.17. The monoisotopic (exact) mass is 452 g/mol. The number of nitrogens with zero attached hydrogens (tertiary/aromatic N) is 1. The third-order valence-electron chi connectivity index (χ3n) is 4.84. The molecular weight excluding hydrogens is 428 g/mol. The van der Waals surface area contributed by atoms with Crippen LogP contribution in [0.4, 0.5) is 5.69 Å². The molecule has 0 atom stereocenters. The van der Waals surface area contributed by atoms with Crippen molar-refractivity contribution < 1.29 is 22.3 Å². The number of sulfonamides is 1. The zero-order valence-electron chi connectivity index (χ0n) is 16.7. The molecule has 1 fully saturated rings. The lowest BCUT2D eigenvalue weighted by atomic mass is 10.2. The molecule has 30 heavy (non-hydrogen) atoms. The molecule has 1 aromatic heterocycles. The molecule has 0 radical (unpaired) electrons. The van der Waals surface area contributed by atoms with Crippen molar-refractivity contribution in [2.75, 3.05) is 44.2 Å². The Kier molecular flexibility index (Phi) is 7.25. The van der Waals surface area contributed by atoms with Crippen LogP contribution in [-0.2, 0) is 14.8 Å². The van der Waals surface area contributed by atoms with Crippen LogP contribution in [0, 0.1) is 6.92 Å². The first-order valence-electron chi connectivity index (χ1n) is 9.55. The van der Waals surface area contributed by atoms with Gasteiger partial charge in [-0.25, -0.2) is 8.42 Å². The third-order valence-corrected chi connectivity index (χ3v) is 6.22. The number of morpholine rings is 1. The maximum atomic E-state index is 12.8. The Morgan fingerprint density at radius 1 is 1.13 bits per heavy atom. The lowest BCUT2D eigenvalue weighted by molar-refractivity contribution is 0.0323. The summed E-state index contributed by atoms with van der Waals surface area (Å²) in [5.41, 5.74) is 1.91. The molecule has 1 aliphatic rings. The highest BCUT2D eigenvalue weighted by atomic mass is 35.5. The fourth-order valence-corrected chi connectivity index (χ4v) is 4.47. The Morgan fingerprint density at radius 2 is 1.93 bits per heavy atom. The SMILES string of the molecule is Cc1cccc(S(=O)(=O)Nc2cc(OCCN3CCOCC3)c3occc3c2)c1.Cl. The Hall–Kier alpha value is -2.26. The minimum atomic E-state index is -3.70. The number of halogens is 1. The molecule has 4 rings (SSSR count). The molecule has 7 nitrogen and oxygen atoms in total. The van der Waals surface area contributed by atoms with Gasteiger partial charge in [-0.1, -0.05) is 12.1 Å². The molecule has 1 saturated heterocycles. The van der Waals surface area contributed by atoms with Crippen LogP contribution in [-0.4, -0.2) is 52.8 Å². The standard InChI is InChI=1S/C21H24N2O5S.ClH/c1-16-3-2-4-19(13-16)29(24,25)22-18-14-17-5-9-28-21(17)20(15-18)27-12-8-23-6-10-26-11-7-23;/h2-5,9,13-15,22H,6-8,10-12H2,1H3;1H. The van der Waals surface area contributed by atoms with Crippen molar-refractivity contribution >= 4 is 39.1 Å². The van der Waals surface area contributed by atoms with E-state index in [1.807, 2.05) is 13.0 Å². The number of hydrogen-bond acceptors (Lipinski definition) is 6. The Morgan fingerprint density at radius 3 is 2.70 bits per heavy atom. The number of fused-ring (bicyclic) bond motifs is 1. The van der Waals surface area contributed by atoms with Crippen LogP contribution >= 0.6 is 12.4 Å². The van der Waals surface area contributed by atoms with Gasteiger partial charge in [-0.2, -0.15) is 0 Å². The second-order valence-corrected chi connectivity index (χ2v) is 8.72. The molecule has 1 N–H and O–H groups in total. The molecule has 0 amide bonds. The highest BCUT2D eigenvalue weighted by Crippen LogP contribution is 2.32. The fraction of sp³-hybridized carbons (Fsp3) is 0.333. The molecule has 2 aromatic carbocycles. The van der Waals surface area contributed by atoms with E-state index in [4.69, 9.17) is 13.9 Å². The minimum absolute atomic E-state index is 0. The van der Waals surface area contributed by atoms with Gasteiger partial charge < -0.3 is 13.9 Å². The van der Waals surface area contributed by atoms with Gasteiger partial charge in [0, 0.05) is 31.1 Å². The second kappa shape index (κ2) is 9.70. The summed E-state index contributed by atoms with van der Waals surface area (Å²) in [6, 6.07) is 12.0. The maximum Gasteiger partial charge on any atom is 0.261 e. The second-order valence-electron chi connectivity index (χ2n) is 7.04. The topological polar surface area (TPSA) is 81.0 Å². The lowest BCUT2D eigenvalue weighted by Gasteiger charge is -2.26. The van der Waals surface area contributed by atoms with E-state index in [-0.39, 0.29) is 17.3 Å². The zero-order valence-corrected chi connectivity index (χ0v) is 18.3. The third kappa shape index (κ3) is 5.26. The number of benzene rings is 2. The highest BCUT2D eigenvalue weighted by molar-refractivity contribution is 7.92. The first-order valence-corrected chi connectivity index (χ1v) is 11.0. The molecule has 0 unspecified atom stereocenters. The van der Waals surface area contributed by atoms with Gasteiger partial charge in [0.05, 0.1) is 30.1 Å². The number of furan rings is 1. The summed E-state index contributed by atoms with van der Waals surface area (Å²) in [6.45, 7) is 6.34. The molecule has 3 aromatic rings. The van der Waals surface area contributed by atoms with Gasteiger partial charge in [0.2, 0.25) is 0 Å². The molecule has 162 valence electrons. The predicted molar refractivity (Wildman–Crippen MR) is 118 cm³/mol. The summed E-state index contributed by atoms with van der Waals surface area (Å²) in [7, 11) is -3.70. The zero-order chi connectivity index (χ0) is 20.3. The number of aryl methyl sites for hydroxylation is 1. The number of hydrogen-bond donors (Lipinski definition) is 1. The number of rotatable bonds is 7. The van der Waals surface area contributed by atoms with Gasteiger partial charge in [-0.15, -0.1) is 12.4 Å². The van der Waals surface area contributed by atoms with Crippen molar-refractivity contribution in [2.45, 2.75) is 11.8 Å². The van der Waals surface area contributed by atoms with Crippen LogP contribution < -0.4 is 9.46 Å². The highest BCUT2D eigenvalue weighted by Gasteiger charge is 2.17. The summed E-state index contributed by atoms with van der Waals surface area (Å²) in [5, 5.41) is 0.774. The van der Waals surface area contributed by atoms with Gasteiger partial charge in [0.1, 0.15) is 6.61 Å². The average molecular weight is 453 g/mol. The van der Waals surface area contributed by atoms with Gasteiger partial charge in [0.15, 0.2) is 11.3 Å². The smallest absolute Gasteiger partial charge is 0.261 e. The predicted octanol–water partition coefficient (Wildman–Crippen LogP) is 3.67. The van der Waals surface area contributed by atoms with Gasteiger partial charge >= 0.3 is 0 Å². The van der Waals surface area contributed by atoms with Crippen molar-refractivity contribution in [3.05, 3.63) is 54.3 Å². The van der Waals surface area contributed by atoms with Crippen molar-refractivity contribution in [3.8, 4) is 5.75 Å². The van der Waals surface area contributed by atoms with E-state index >= 15 is 0 Å². The molecule has 0 spiro atoms. The quantitative estimate of drug-likeness (QED) is 0.589. The van der Waals surface area contributed by atoms with E-state index < -0.39 is 10.0 Å². The summed E-state index contributed by atoms with van der Waals surface area (Å²) < 4.78 is 45.0. The normalized spacial score (nSPS) is 15.0. The molecule has 9 heteroatoms. The van der Waals surface area contributed by atoms with E-state index in [0.717, 1.165) is 43.8 Å². The molecule has 0 bridgehead atoms. The summed E-state index contributed by atoms with van der Waals surface area (Å²) in [6.07, 6.45) is 1.57. The van der Waals surface area contributed by atoms with Crippen LogP contribution in [0.1, 0.15) is 5.56 Å². The van der Waals surface area contributed by atoms with E-state index in [1.54, 1.807) is 42.7 Å². The van der Waals surface area contributed by atoms with Crippen LogP contribution in [0.2, 0.25) is 0 Å². The van der Waals surface area contributed by atoms with Crippen molar-refractivity contribution in [1.82, 2.24) is 4.90 Å². The molecule has 0 aliphatic carbocycles. The Balaban J connectivity index is 0.00000256. The first kappa shape index (κ1) is 22.4. The Bertz CT molecular complexity index is 1090. The van der Waals surface area contributed by atoms with Crippen molar-refractivity contribution in [1.29, 1.82) is 0 Å². The van der Waals surface area contributed by atoms with Crippen LogP contribution in [0.5, 0.6) is 5.75 Å². The summed E-state index contributed by atoms with van der Waals surface area (Å²) in [5.74, 6) is 0.516. The number of ether oxygens (including phenoxy) is 2. The molecule has 0 saturated carbocycles. The van der Waals surface area contributed by atoms with Gasteiger partial charge in [-0.05, 0) is 36.8 Å². The molecular formula is C21H25ClN2O5S. The van der Waals surface area contributed by atoms with Crippen LogP contribution in [0.3, 0.4) is 0 Å². The molecule has 1 aliphatic heterocycles. The summed E-state index contributed by atoms with van der Waals surface area (Å²) >= 11 is 0. The van der Waals surface area contributed by atoms with E-state index in [2.05, 4.69) is 9.62 Å². The Labute approximate surface area is 182 Å². The van der Waals surface area contributed by atoms with Crippen LogP contribution in [0.25, 0.3) is 11.0 Å². The van der Waals surface area contributed by atoms with E-state index in [0.29, 0.717) is 23.6 Å². The number of anilines is 1. The maximum absolute atomic E-state index is 12.8. The van der Waals surface area contributed by atoms with Gasteiger partial charge in [-0.3, -0.25) is 9.62 Å². The van der Waals surface area contributed by atoms with E-state index in [1.165, 1.54) is 0 Å². The fourth-order valence-electron chi connectivity index (χ4n) is 3.32.